The summed E-state index contributed by atoms with van der Waals surface area (Å²) in [5, 5.41) is 7.01. The van der Waals surface area contributed by atoms with E-state index in [1.165, 1.54) is 51.0 Å². The molecule has 0 saturated carbocycles. The molecule has 150 valence electrons. The van der Waals surface area contributed by atoms with Crippen LogP contribution in [0.15, 0.2) is 35.3 Å². The van der Waals surface area contributed by atoms with Gasteiger partial charge in [0.1, 0.15) is 0 Å². The lowest BCUT2D eigenvalue weighted by Crippen LogP contribution is -2.41. The number of aliphatic imine (C=N–C) groups is 1. The van der Waals surface area contributed by atoms with Gasteiger partial charge in [0.25, 0.3) is 0 Å². The minimum atomic E-state index is 0.680. The Morgan fingerprint density at radius 2 is 1.85 bits per heavy atom. The zero-order valence-corrected chi connectivity index (χ0v) is 17.2. The van der Waals surface area contributed by atoms with Crippen molar-refractivity contribution < 1.29 is 0 Å². The molecule has 2 N–H and O–H groups in total. The van der Waals surface area contributed by atoms with Gasteiger partial charge in [-0.15, -0.1) is 0 Å². The number of para-hydroxylation sites is 1. The minimum absolute atomic E-state index is 0.680. The lowest BCUT2D eigenvalue weighted by atomic mass is 9.99. The predicted octanol–water partition coefficient (Wildman–Crippen LogP) is 2.80. The molecule has 5 heteroatoms. The monoisotopic (exact) mass is 371 g/mol. The van der Waals surface area contributed by atoms with Gasteiger partial charge in [-0.05, 0) is 69.3 Å². The van der Waals surface area contributed by atoms with Crippen LogP contribution >= 0.6 is 0 Å². The van der Waals surface area contributed by atoms with Crippen molar-refractivity contribution in [3.8, 4) is 0 Å². The first kappa shape index (κ1) is 20.0. The molecule has 2 fully saturated rings. The van der Waals surface area contributed by atoms with Crippen LogP contribution in [0.2, 0.25) is 0 Å². The van der Waals surface area contributed by atoms with Crippen LogP contribution in [0.3, 0.4) is 0 Å². The molecule has 5 nitrogen and oxygen atoms in total. The van der Waals surface area contributed by atoms with Crippen molar-refractivity contribution in [1.29, 1.82) is 0 Å². The van der Waals surface area contributed by atoms with Crippen LogP contribution in [0.5, 0.6) is 0 Å². The Balaban J connectivity index is 1.29. The number of piperidine rings is 1. The highest BCUT2D eigenvalue weighted by Gasteiger charge is 2.22. The molecular formula is C22H37N5. The van der Waals surface area contributed by atoms with E-state index in [1.807, 2.05) is 7.05 Å². The molecule has 0 amide bonds. The molecular weight excluding hydrogens is 334 g/mol. The van der Waals surface area contributed by atoms with E-state index in [-0.39, 0.29) is 0 Å². The first-order chi connectivity index (χ1) is 13.2. The van der Waals surface area contributed by atoms with Crippen LogP contribution in [0.4, 0.5) is 5.69 Å². The molecule has 2 aliphatic rings. The summed E-state index contributed by atoms with van der Waals surface area (Å²) in [4.78, 5) is 9.48. The number of nitrogens with zero attached hydrogens (tertiary/aromatic N) is 3. The molecule has 27 heavy (non-hydrogen) atoms. The molecule has 2 aliphatic heterocycles. The summed E-state index contributed by atoms with van der Waals surface area (Å²) < 4.78 is 0. The van der Waals surface area contributed by atoms with Gasteiger partial charge in [0.2, 0.25) is 0 Å². The standard InChI is InChI=1S/C22H37N5/c1-19-9-14-26(15-10-19)13-6-12-24-22(23-2)25-17-20-11-16-27(18-20)21-7-4-3-5-8-21/h3-5,7-8,19-20H,6,9-18H2,1-2H3,(H2,23,24,25). The lowest BCUT2D eigenvalue weighted by Gasteiger charge is -2.30. The van der Waals surface area contributed by atoms with Crippen LogP contribution in [-0.4, -0.2) is 63.7 Å². The fraction of sp³-hybridized carbons (Fsp3) is 0.682. The van der Waals surface area contributed by atoms with E-state index < -0.39 is 0 Å². The van der Waals surface area contributed by atoms with E-state index in [2.05, 4.69) is 62.7 Å². The Morgan fingerprint density at radius 1 is 1.07 bits per heavy atom. The quantitative estimate of drug-likeness (QED) is 0.439. The number of anilines is 1. The molecule has 1 unspecified atom stereocenters. The molecule has 0 bridgehead atoms. The van der Waals surface area contributed by atoms with Crippen LogP contribution in [0.1, 0.15) is 32.6 Å². The summed E-state index contributed by atoms with van der Waals surface area (Å²) in [5.41, 5.74) is 1.34. The van der Waals surface area contributed by atoms with E-state index in [9.17, 15) is 0 Å². The zero-order valence-electron chi connectivity index (χ0n) is 17.2. The molecule has 2 saturated heterocycles. The molecule has 1 aromatic rings. The van der Waals surface area contributed by atoms with Crippen molar-refractivity contribution in [3.05, 3.63) is 30.3 Å². The first-order valence-electron chi connectivity index (χ1n) is 10.7. The average molecular weight is 372 g/mol. The maximum absolute atomic E-state index is 4.39. The van der Waals surface area contributed by atoms with E-state index >= 15 is 0 Å². The van der Waals surface area contributed by atoms with Gasteiger partial charge in [-0.1, -0.05) is 25.1 Å². The highest BCUT2D eigenvalue weighted by molar-refractivity contribution is 5.79. The van der Waals surface area contributed by atoms with E-state index in [0.717, 1.165) is 38.1 Å². The highest BCUT2D eigenvalue weighted by atomic mass is 15.2. The van der Waals surface area contributed by atoms with Gasteiger partial charge >= 0.3 is 0 Å². The molecule has 0 aromatic heterocycles. The zero-order chi connectivity index (χ0) is 18.9. The number of hydrogen-bond acceptors (Lipinski definition) is 3. The number of likely N-dealkylation sites (tertiary alicyclic amines) is 1. The second-order valence-corrected chi connectivity index (χ2v) is 8.19. The molecule has 3 rings (SSSR count). The van der Waals surface area contributed by atoms with Gasteiger partial charge in [-0.25, -0.2) is 0 Å². The summed E-state index contributed by atoms with van der Waals surface area (Å²) in [6.45, 7) is 10.4. The van der Waals surface area contributed by atoms with Crippen LogP contribution in [-0.2, 0) is 0 Å². The fourth-order valence-electron chi connectivity index (χ4n) is 4.13. The van der Waals surface area contributed by atoms with Crippen molar-refractivity contribution in [2.75, 3.05) is 57.8 Å². The summed E-state index contributed by atoms with van der Waals surface area (Å²) in [6, 6.07) is 10.7. The second-order valence-electron chi connectivity index (χ2n) is 8.19. The van der Waals surface area contributed by atoms with Crippen molar-refractivity contribution in [1.82, 2.24) is 15.5 Å². The molecule has 2 heterocycles. The number of nitrogens with one attached hydrogen (secondary N) is 2. The average Bonchev–Trinajstić information content (AvgIpc) is 3.18. The van der Waals surface area contributed by atoms with Crippen LogP contribution < -0.4 is 15.5 Å². The normalized spacial score (nSPS) is 22.2. The van der Waals surface area contributed by atoms with E-state index in [0.29, 0.717) is 5.92 Å². The maximum Gasteiger partial charge on any atom is 0.190 e. The van der Waals surface area contributed by atoms with E-state index in [4.69, 9.17) is 0 Å². The second kappa shape index (κ2) is 10.5. The van der Waals surface area contributed by atoms with Crippen LogP contribution in [0, 0.1) is 11.8 Å². The Morgan fingerprint density at radius 3 is 2.59 bits per heavy atom. The summed E-state index contributed by atoms with van der Waals surface area (Å²) in [7, 11) is 1.87. The largest absolute Gasteiger partial charge is 0.371 e. The molecule has 0 aliphatic carbocycles. The predicted molar refractivity (Wildman–Crippen MR) is 116 cm³/mol. The third kappa shape index (κ3) is 6.42. The van der Waals surface area contributed by atoms with Gasteiger partial charge in [0.05, 0.1) is 0 Å². The number of benzene rings is 1. The van der Waals surface area contributed by atoms with Crippen molar-refractivity contribution in [3.63, 3.8) is 0 Å². The molecule has 1 aromatic carbocycles. The van der Waals surface area contributed by atoms with Gasteiger partial charge in [0, 0.05) is 38.9 Å². The van der Waals surface area contributed by atoms with Gasteiger partial charge in [-0.3, -0.25) is 4.99 Å². The Bertz CT molecular complexity index is 565. The van der Waals surface area contributed by atoms with Gasteiger partial charge in [0.15, 0.2) is 5.96 Å². The third-order valence-corrected chi connectivity index (χ3v) is 6.01. The Kier molecular flexibility index (Phi) is 7.81. The first-order valence-corrected chi connectivity index (χ1v) is 10.7. The van der Waals surface area contributed by atoms with Crippen molar-refractivity contribution in [2.45, 2.75) is 32.6 Å². The molecule has 1 atom stereocenters. The number of guanidine groups is 1. The minimum Gasteiger partial charge on any atom is -0.371 e. The maximum atomic E-state index is 4.39. The fourth-order valence-corrected chi connectivity index (χ4v) is 4.13. The molecule has 0 radical (unpaired) electrons. The number of rotatable bonds is 7. The van der Waals surface area contributed by atoms with E-state index in [1.54, 1.807) is 0 Å². The smallest absolute Gasteiger partial charge is 0.190 e. The summed E-state index contributed by atoms with van der Waals surface area (Å²) in [6.07, 6.45) is 5.14. The third-order valence-electron chi connectivity index (χ3n) is 6.01. The highest BCUT2D eigenvalue weighted by Crippen LogP contribution is 2.22. The number of hydrogen-bond donors (Lipinski definition) is 2. The van der Waals surface area contributed by atoms with Gasteiger partial charge in [-0.2, -0.15) is 0 Å². The SMILES string of the molecule is CN=C(NCCCN1CCC(C)CC1)NCC1CCN(c2ccccc2)C1. The summed E-state index contributed by atoms with van der Waals surface area (Å²) >= 11 is 0. The lowest BCUT2D eigenvalue weighted by molar-refractivity contribution is 0.191. The van der Waals surface area contributed by atoms with Crippen molar-refractivity contribution >= 4 is 11.6 Å². The molecule has 0 spiro atoms. The van der Waals surface area contributed by atoms with Crippen molar-refractivity contribution in [2.24, 2.45) is 16.8 Å². The Hall–Kier alpha value is -1.75. The summed E-state index contributed by atoms with van der Waals surface area (Å²) in [5.74, 6) is 2.54. The topological polar surface area (TPSA) is 42.9 Å². The van der Waals surface area contributed by atoms with Crippen LogP contribution in [0.25, 0.3) is 0 Å². The van der Waals surface area contributed by atoms with Gasteiger partial charge < -0.3 is 20.4 Å². The Labute approximate surface area is 165 Å².